The number of alkyl carbamates (subject to hydrolysis) is 1. The van der Waals surface area contributed by atoms with Crippen LogP contribution in [0.3, 0.4) is 0 Å². The molecule has 1 aliphatic heterocycles. The average molecular weight is 399 g/mol. The number of nitrogens with one attached hydrogen (secondary N) is 1. The standard InChI is InChI=1S/C20H34N2O6/c1-8-11-27-13(4)15(21-19(26)28-20(5,6)7)17(23)22-10-9-14(12(2)3)16(22)18(24)25/h8,12-16H,1,9-11H2,2-7H3,(H,21,26)(H,24,25)/t13-,14+,15-,16-/m0/s1. The number of ether oxygens (including phenoxy) is 2. The van der Waals surface area contributed by atoms with Crippen LogP contribution in [-0.4, -0.2) is 64.9 Å². The molecule has 0 aromatic rings. The van der Waals surface area contributed by atoms with Crippen LogP contribution in [0.2, 0.25) is 0 Å². The van der Waals surface area contributed by atoms with E-state index in [-0.39, 0.29) is 18.4 Å². The van der Waals surface area contributed by atoms with Gasteiger partial charge >= 0.3 is 12.1 Å². The third kappa shape index (κ3) is 6.51. The largest absolute Gasteiger partial charge is 0.480 e. The molecule has 1 rings (SSSR count). The predicted octanol–water partition coefficient (Wildman–Crippen LogP) is 2.43. The van der Waals surface area contributed by atoms with Gasteiger partial charge < -0.3 is 24.8 Å². The van der Waals surface area contributed by atoms with Gasteiger partial charge in [-0.1, -0.05) is 19.9 Å². The van der Waals surface area contributed by atoms with E-state index in [4.69, 9.17) is 9.47 Å². The summed E-state index contributed by atoms with van der Waals surface area (Å²) in [7, 11) is 0. The highest BCUT2D eigenvalue weighted by Crippen LogP contribution is 2.31. The zero-order valence-electron chi connectivity index (χ0n) is 17.7. The molecule has 1 heterocycles. The SMILES string of the molecule is C=CCO[C@@H](C)[C@H](NC(=O)OC(C)(C)C)C(=O)N1CC[C@H](C(C)C)[C@H]1C(=O)O. The van der Waals surface area contributed by atoms with Crippen molar-refractivity contribution < 1.29 is 29.0 Å². The van der Waals surface area contributed by atoms with Crippen LogP contribution >= 0.6 is 0 Å². The van der Waals surface area contributed by atoms with Crippen molar-refractivity contribution in [3.63, 3.8) is 0 Å². The Bertz CT molecular complexity index is 584. The Morgan fingerprint density at radius 2 is 1.89 bits per heavy atom. The van der Waals surface area contributed by atoms with E-state index in [1.54, 1.807) is 27.7 Å². The fourth-order valence-corrected chi connectivity index (χ4v) is 3.39. The highest BCUT2D eigenvalue weighted by molar-refractivity contribution is 5.90. The van der Waals surface area contributed by atoms with Crippen molar-refractivity contribution in [2.24, 2.45) is 11.8 Å². The number of rotatable bonds is 8. The Balaban J connectivity index is 3.07. The molecule has 0 spiro atoms. The maximum absolute atomic E-state index is 13.2. The fourth-order valence-electron chi connectivity index (χ4n) is 3.39. The lowest BCUT2D eigenvalue weighted by Crippen LogP contribution is -2.57. The first-order chi connectivity index (χ1) is 12.9. The number of nitrogens with zero attached hydrogens (tertiary/aromatic N) is 1. The molecule has 1 fully saturated rings. The van der Waals surface area contributed by atoms with Gasteiger partial charge in [-0.05, 0) is 46.0 Å². The number of hydrogen-bond acceptors (Lipinski definition) is 5. The quantitative estimate of drug-likeness (QED) is 0.609. The monoisotopic (exact) mass is 398 g/mol. The molecule has 8 nitrogen and oxygen atoms in total. The second-order valence-electron chi connectivity index (χ2n) is 8.46. The molecule has 0 unspecified atom stereocenters. The lowest BCUT2D eigenvalue weighted by atomic mass is 9.88. The highest BCUT2D eigenvalue weighted by Gasteiger charge is 2.46. The maximum Gasteiger partial charge on any atom is 0.408 e. The molecule has 160 valence electrons. The van der Waals surface area contributed by atoms with Crippen LogP contribution in [0, 0.1) is 11.8 Å². The van der Waals surface area contributed by atoms with E-state index in [1.165, 1.54) is 11.0 Å². The molecule has 1 saturated heterocycles. The molecule has 8 heteroatoms. The zero-order chi connectivity index (χ0) is 21.6. The normalized spacial score (nSPS) is 21.9. The number of carbonyl (C=O) groups excluding carboxylic acids is 2. The molecule has 2 N–H and O–H groups in total. The van der Waals surface area contributed by atoms with E-state index in [2.05, 4.69) is 11.9 Å². The smallest absolute Gasteiger partial charge is 0.408 e. The van der Waals surface area contributed by atoms with Crippen LogP contribution < -0.4 is 5.32 Å². The number of hydrogen-bond donors (Lipinski definition) is 2. The third-order valence-electron chi connectivity index (χ3n) is 4.72. The summed E-state index contributed by atoms with van der Waals surface area (Å²) < 4.78 is 10.8. The van der Waals surface area contributed by atoms with Crippen molar-refractivity contribution in [3.8, 4) is 0 Å². The summed E-state index contributed by atoms with van der Waals surface area (Å²) in [5, 5.41) is 12.3. The van der Waals surface area contributed by atoms with Gasteiger partial charge in [0.25, 0.3) is 0 Å². The molecule has 4 atom stereocenters. The van der Waals surface area contributed by atoms with Gasteiger partial charge in [0.2, 0.25) is 5.91 Å². The second-order valence-corrected chi connectivity index (χ2v) is 8.46. The molecule has 0 saturated carbocycles. The van der Waals surface area contributed by atoms with Crippen LogP contribution in [0.1, 0.15) is 48.0 Å². The number of amides is 2. The summed E-state index contributed by atoms with van der Waals surface area (Å²) in [4.78, 5) is 38.7. The zero-order valence-corrected chi connectivity index (χ0v) is 17.7. The topological polar surface area (TPSA) is 105 Å². The maximum atomic E-state index is 13.2. The molecule has 0 aromatic carbocycles. The molecule has 2 amide bonds. The Morgan fingerprint density at radius 3 is 2.36 bits per heavy atom. The van der Waals surface area contributed by atoms with Gasteiger partial charge in [0.15, 0.2) is 0 Å². The summed E-state index contributed by atoms with van der Waals surface area (Å²) in [6, 6.07) is -2.00. The van der Waals surface area contributed by atoms with Crippen molar-refractivity contribution in [2.75, 3.05) is 13.2 Å². The first-order valence-corrected chi connectivity index (χ1v) is 9.64. The molecule has 0 aromatic heterocycles. The molecule has 0 bridgehead atoms. The lowest BCUT2D eigenvalue weighted by molar-refractivity contribution is -0.152. The number of likely N-dealkylation sites (tertiary alicyclic amines) is 1. The first kappa shape index (κ1) is 23.9. The van der Waals surface area contributed by atoms with Crippen LogP contribution in [-0.2, 0) is 19.1 Å². The minimum absolute atomic E-state index is 0.116. The van der Waals surface area contributed by atoms with Crippen molar-refractivity contribution in [1.29, 1.82) is 0 Å². The Labute approximate surface area is 167 Å². The molecular weight excluding hydrogens is 364 g/mol. The Hall–Kier alpha value is -2.09. The number of carboxylic acids is 1. The van der Waals surface area contributed by atoms with Crippen LogP contribution in [0.4, 0.5) is 4.79 Å². The van der Waals surface area contributed by atoms with E-state index < -0.39 is 41.8 Å². The van der Waals surface area contributed by atoms with E-state index in [0.29, 0.717) is 13.0 Å². The molecule has 1 aliphatic rings. The van der Waals surface area contributed by atoms with Crippen molar-refractivity contribution in [2.45, 2.75) is 71.8 Å². The number of carbonyl (C=O) groups is 3. The average Bonchev–Trinajstić information content (AvgIpc) is 3.00. The highest BCUT2D eigenvalue weighted by atomic mass is 16.6. The van der Waals surface area contributed by atoms with Gasteiger partial charge in [0.05, 0.1) is 12.7 Å². The minimum Gasteiger partial charge on any atom is -0.480 e. The summed E-state index contributed by atoms with van der Waals surface area (Å²) in [6.45, 7) is 14.8. The first-order valence-electron chi connectivity index (χ1n) is 9.64. The number of carboxylic acid groups (broad SMARTS) is 1. The Kier molecular flexibility index (Phi) is 8.48. The van der Waals surface area contributed by atoms with Crippen molar-refractivity contribution in [1.82, 2.24) is 10.2 Å². The Morgan fingerprint density at radius 1 is 1.29 bits per heavy atom. The summed E-state index contributed by atoms with van der Waals surface area (Å²) >= 11 is 0. The van der Waals surface area contributed by atoms with Gasteiger partial charge in [-0.3, -0.25) is 4.79 Å². The van der Waals surface area contributed by atoms with Gasteiger partial charge in [0.1, 0.15) is 17.7 Å². The molecular formula is C20H34N2O6. The second kappa shape index (κ2) is 9.91. The fraction of sp³-hybridized carbons (Fsp3) is 0.750. The van der Waals surface area contributed by atoms with E-state index >= 15 is 0 Å². The van der Waals surface area contributed by atoms with Gasteiger partial charge in [-0.2, -0.15) is 0 Å². The molecule has 28 heavy (non-hydrogen) atoms. The minimum atomic E-state index is -1.07. The summed E-state index contributed by atoms with van der Waals surface area (Å²) in [5.74, 6) is -1.56. The van der Waals surface area contributed by atoms with Gasteiger partial charge in [-0.25, -0.2) is 9.59 Å². The lowest BCUT2D eigenvalue weighted by Gasteiger charge is -2.32. The van der Waals surface area contributed by atoms with Crippen molar-refractivity contribution in [3.05, 3.63) is 12.7 Å². The van der Waals surface area contributed by atoms with Crippen LogP contribution in [0.15, 0.2) is 12.7 Å². The predicted molar refractivity (Wildman–Crippen MR) is 105 cm³/mol. The number of aliphatic carboxylic acids is 1. The van der Waals surface area contributed by atoms with E-state index in [9.17, 15) is 19.5 Å². The summed E-state index contributed by atoms with van der Waals surface area (Å²) in [6.07, 6.45) is 0.689. The van der Waals surface area contributed by atoms with E-state index in [0.717, 1.165) is 0 Å². The molecule has 0 aliphatic carbocycles. The van der Waals surface area contributed by atoms with Gasteiger partial charge in [0, 0.05) is 6.54 Å². The third-order valence-corrected chi connectivity index (χ3v) is 4.72. The summed E-state index contributed by atoms with van der Waals surface area (Å²) in [5.41, 5.74) is -0.733. The van der Waals surface area contributed by atoms with E-state index in [1.807, 2.05) is 13.8 Å². The van der Waals surface area contributed by atoms with Crippen molar-refractivity contribution >= 4 is 18.0 Å². The molecule has 0 radical (unpaired) electrons. The van der Waals surface area contributed by atoms with Crippen LogP contribution in [0.25, 0.3) is 0 Å². The van der Waals surface area contributed by atoms with Gasteiger partial charge in [-0.15, -0.1) is 6.58 Å². The van der Waals surface area contributed by atoms with Crippen LogP contribution in [0.5, 0.6) is 0 Å².